The molecule has 7 nitrogen and oxygen atoms in total. The molecule has 2 amide bonds. The molecule has 0 unspecified atom stereocenters. The topological polar surface area (TPSA) is 79.3 Å². The van der Waals surface area contributed by atoms with Gasteiger partial charge in [0.05, 0.1) is 16.3 Å². The molecule has 10 heteroatoms. The Kier molecular flexibility index (Phi) is 6.82. The van der Waals surface area contributed by atoms with Gasteiger partial charge in [0.25, 0.3) is 11.8 Å². The van der Waals surface area contributed by atoms with Crippen molar-refractivity contribution >= 4 is 56.6 Å². The molecule has 2 heterocycles. The average molecular weight is 511 g/mol. The van der Waals surface area contributed by atoms with Gasteiger partial charge in [0.2, 0.25) is 0 Å². The van der Waals surface area contributed by atoms with Gasteiger partial charge in [0.15, 0.2) is 5.82 Å². The number of benzene rings is 1. The molecule has 1 aromatic carbocycles. The summed E-state index contributed by atoms with van der Waals surface area (Å²) in [5, 5.41) is 4.92. The second-order valence-electron chi connectivity index (χ2n) is 6.41. The number of carbonyl (C=O) groups excluding carboxylic acids is 2. The first-order valence-electron chi connectivity index (χ1n) is 8.78. The predicted octanol–water partition coefficient (Wildman–Crippen LogP) is 4.71. The standard InChI is InChI=1S/C20H18BrCl2N5O2/c1-11-7-13(22)9-14(20(30)27(3)24-2)17(11)26-19(29)16-8-12(21)10-28(16)18-15(23)5-4-6-25-18/h4-10,24H,1-3H3,(H,26,29). The molecular weight excluding hydrogens is 493 g/mol. The Bertz CT molecular complexity index is 1130. The maximum Gasteiger partial charge on any atom is 0.272 e. The zero-order valence-electron chi connectivity index (χ0n) is 16.3. The summed E-state index contributed by atoms with van der Waals surface area (Å²) >= 11 is 15.8. The highest BCUT2D eigenvalue weighted by Crippen LogP contribution is 2.29. The molecule has 0 saturated heterocycles. The molecule has 30 heavy (non-hydrogen) atoms. The highest BCUT2D eigenvalue weighted by molar-refractivity contribution is 9.10. The van der Waals surface area contributed by atoms with Crippen molar-refractivity contribution < 1.29 is 9.59 Å². The van der Waals surface area contributed by atoms with E-state index in [1.807, 2.05) is 0 Å². The lowest BCUT2D eigenvalue weighted by Gasteiger charge is -2.20. The van der Waals surface area contributed by atoms with E-state index in [2.05, 4.69) is 31.7 Å². The third kappa shape index (κ3) is 4.52. The van der Waals surface area contributed by atoms with E-state index in [4.69, 9.17) is 23.2 Å². The number of aryl methyl sites for hydroxylation is 1. The zero-order chi connectivity index (χ0) is 22.0. The number of hydrogen-bond donors (Lipinski definition) is 2. The molecule has 2 aromatic heterocycles. The third-order valence-electron chi connectivity index (χ3n) is 4.40. The van der Waals surface area contributed by atoms with Crippen molar-refractivity contribution in [3.63, 3.8) is 0 Å². The summed E-state index contributed by atoms with van der Waals surface area (Å²) in [6, 6.07) is 8.24. The van der Waals surface area contributed by atoms with Crippen LogP contribution in [0.4, 0.5) is 5.69 Å². The highest BCUT2D eigenvalue weighted by atomic mass is 79.9. The normalized spacial score (nSPS) is 10.7. The Morgan fingerprint density at radius 3 is 2.63 bits per heavy atom. The fraction of sp³-hybridized carbons (Fsp3) is 0.150. The van der Waals surface area contributed by atoms with Crippen LogP contribution in [-0.4, -0.2) is 40.5 Å². The number of pyridine rings is 1. The summed E-state index contributed by atoms with van der Waals surface area (Å²) in [5.74, 6) is -0.370. The number of carbonyl (C=O) groups is 2. The fourth-order valence-corrected chi connectivity index (χ4v) is 3.78. The van der Waals surface area contributed by atoms with E-state index >= 15 is 0 Å². The van der Waals surface area contributed by atoms with Crippen LogP contribution in [0, 0.1) is 6.92 Å². The summed E-state index contributed by atoms with van der Waals surface area (Å²) in [7, 11) is 3.20. The third-order valence-corrected chi connectivity index (χ3v) is 5.34. The Morgan fingerprint density at radius 1 is 1.23 bits per heavy atom. The lowest BCUT2D eigenvalue weighted by molar-refractivity contribution is 0.0736. The molecule has 0 bridgehead atoms. The van der Waals surface area contributed by atoms with Gasteiger partial charge in [-0.25, -0.2) is 10.4 Å². The quantitative estimate of drug-likeness (QED) is 0.487. The highest BCUT2D eigenvalue weighted by Gasteiger charge is 2.22. The summed E-state index contributed by atoms with van der Waals surface area (Å²) in [6.45, 7) is 1.77. The van der Waals surface area contributed by atoms with Crippen LogP contribution in [0.2, 0.25) is 10.0 Å². The largest absolute Gasteiger partial charge is 0.320 e. The smallest absolute Gasteiger partial charge is 0.272 e. The first-order valence-corrected chi connectivity index (χ1v) is 10.3. The summed E-state index contributed by atoms with van der Waals surface area (Å²) in [5.41, 5.74) is 4.32. The fourth-order valence-electron chi connectivity index (χ4n) is 2.87. The van der Waals surface area contributed by atoms with Crippen LogP contribution in [0.25, 0.3) is 5.82 Å². The SMILES string of the molecule is CNN(C)C(=O)c1cc(Cl)cc(C)c1NC(=O)c1cc(Br)cn1-c1ncccc1Cl. The van der Waals surface area contributed by atoms with E-state index in [9.17, 15) is 9.59 Å². The monoisotopic (exact) mass is 509 g/mol. The second-order valence-corrected chi connectivity index (χ2v) is 8.17. The van der Waals surface area contributed by atoms with Crippen LogP contribution in [0.1, 0.15) is 26.4 Å². The number of halogens is 3. The van der Waals surface area contributed by atoms with Gasteiger partial charge < -0.3 is 5.32 Å². The van der Waals surface area contributed by atoms with E-state index < -0.39 is 5.91 Å². The molecule has 0 saturated carbocycles. The van der Waals surface area contributed by atoms with E-state index in [0.717, 1.165) is 0 Å². The predicted molar refractivity (Wildman–Crippen MR) is 122 cm³/mol. The molecule has 0 aliphatic heterocycles. The molecule has 156 valence electrons. The van der Waals surface area contributed by atoms with Gasteiger partial charge in [-0.15, -0.1) is 0 Å². The Hall–Kier alpha value is -2.39. The van der Waals surface area contributed by atoms with Gasteiger partial charge in [-0.3, -0.25) is 19.2 Å². The minimum atomic E-state index is -0.436. The first-order chi connectivity index (χ1) is 14.2. The van der Waals surface area contributed by atoms with Crippen LogP contribution in [0.3, 0.4) is 0 Å². The number of amides is 2. The van der Waals surface area contributed by atoms with Crippen LogP contribution in [-0.2, 0) is 0 Å². The van der Waals surface area contributed by atoms with E-state index in [1.54, 1.807) is 62.2 Å². The maximum atomic E-state index is 13.2. The minimum absolute atomic E-state index is 0.262. The van der Waals surface area contributed by atoms with Crippen LogP contribution in [0.5, 0.6) is 0 Å². The van der Waals surface area contributed by atoms with Crippen LogP contribution in [0.15, 0.2) is 47.2 Å². The molecule has 0 atom stereocenters. The second kappa shape index (κ2) is 9.18. The number of aromatic nitrogens is 2. The number of nitrogens with one attached hydrogen (secondary N) is 2. The van der Waals surface area contributed by atoms with Gasteiger partial charge in [0, 0.05) is 36.0 Å². The Labute approximate surface area is 192 Å². The van der Waals surface area contributed by atoms with Crippen LogP contribution >= 0.6 is 39.1 Å². The van der Waals surface area contributed by atoms with Gasteiger partial charge in [-0.2, -0.15) is 0 Å². The zero-order valence-corrected chi connectivity index (χ0v) is 19.4. The maximum absolute atomic E-state index is 13.2. The number of anilines is 1. The number of rotatable bonds is 5. The first kappa shape index (κ1) is 22.3. The number of nitrogens with zero attached hydrogens (tertiary/aromatic N) is 3. The molecule has 2 N–H and O–H groups in total. The van der Waals surface area contributed by atoms with Gasteiger partial charge in [-0.1, -0.05) is 23.2 Å². The molecule has 3 aromatic rings. The van der Waals surface area contributed by atoms with Crippen molar-refractivity contribution in [2.75, 3.05) is 19.4 Å². The Morgan fingerprint density at radius 2 is 1.97 bits per heavy atom. The summed E-state index contributed by atoms with van der Waals surface area (Å²) < 4.78 is 2.25. The number of hydrogen-bond acceptors (Lipinski definition) is 4. The van der Waals surface area contributed by atoms with E-state index in [0.29, 0.717) is 31.6 Å². The molecule has 0 aliphatic rings. The lowest BCUT2D eigenvalue weighted by atomic mass is 10.1. The van der Waals surface area contributed by atoms with Crippen molar-refractivity contribution in [3.8, 4) is 5.82 Å². The minimum Gasteiger partial charge on any atom is -0.320 e. The van der Waals surface area contributed by atoms with Crippen molar-refractivity contribution in [3.05, 3.63) is 74.1 Å². The molecule has 0 radical (unpaired) electrons. The van der Waals surface area contributed by atoms with Crippen molar-refractivity contribution in [2.45, 2.75) is 6.92 Å². The van der Waals surface area contributed by atoms with Crippen LogP contribution < -0.4 is 10.7 Å². The molecule has 0 aliphatic carbocycles. The summed E-state index contributed by atoms with van der Waals surface area (Å²) in [6.07, 6.45) is 3.28. The molecule has 3 rings (SSSR count). The van der Waals surface area contributed by atoms with Gasteiger partial charge in [-0.05, 0) is 58.7 Å². The van der Waals surface area contributed by atoms with Gasteiger partial charge in [0.1, 0.15) is 5.69 Å². The molecule has 0 spiro atoms. The van der Waals surface area contributed by atoms with Crippen molar-refractivity contribution in [1.82, 2.24) is 20.0 Å². The van der Waals surface area contributed by atoms with E-state index in [-0.39, 0.29) is 17.2 Å². The molecule has 0 fully saturated rings. The van der Waals surface area contributed by atoms with Crippen molar-refractivity contribution in [2.24, 2.45) is 0 Å². The lowest BCUT2D eigenvalue weighted by Crippen LogP contribution is -2.37. The summed E-state index contributed by atoms with van der Waals surface area (Å²) in [4.78, 5) is 30.2. The van der Waals surface area contributed by atoms with Gasteiger partial charge >= 0.3 is 0 Å². The average Bonchev–Trinajstić information content (AvgIpc) is 3.10. The van der Waals surface area contributed by atoms with E-state index in [1.165, 1.54) is 11.1 Å². The number of hydrazine groups is 1. The van der Waals surface area contributed by atoms with Crippen molar-refractivity contribution in [1.29, 1.82) is 0 Å². The molecular formula is C20H18BrCl2N5O2. The Balaban J connectivity index is 2.04.